The molecule has 6 heteroatoms. The number of hydrogen-bond donors (Lipinski definition) is 1. The fraction of sp³-hybridized carbons (Fsp3) is 0.111. The second-order valence-electron chi connectivity index (χ2n) is 5.12. The van der Waals surface area contributed by atoms with Gasteiger partial charge in [0.2, 0.25) is 0 Å². The SMILES string of the molecule is Cl.Fc1ccc(CNCc2ccc(-c3ccc(Br)cc3Cl)o2)cc1. The van der Waals surface area contributed by atoms with Gasteiger partial charge in [0.25, 0.3) is 0 Å². The Bertz CT molecular complexity index is 805. The molecule has 0 saturated heterocycles. The molecule has 2 nitrogen and oxygen atoms in total. The monoisotopic (exact) mass is 429 g/mol. The maximum absolute atomic E-state index is 12.8. The van der Waals surface area contributed by atoms with Gasteiger partial charge in [0.1, 0.15) is 17.3 Å². The van der Waals surface area contributed by atoms with Crippen LogP contribution in [0.2, 0.25) is 5.02 Å². The summed E-state index contributed by atoms with van der Waals surface area (Å²) in [4.78, 5) is 0. The fourth-order valence-corrected chi connectivity index (χ4v) is 3.01. The highest BCUT2D eigenvalue weighted by Crippen LogP contribution is 2.31. The average molecular weight is 431 g/mol. The largest absolute Gasteiger partial charge is 0.460 e. The first-order chi connectivity index (χ1) is 11.1. The summed E-state index contributed by atoms with van der Waals surface area (Å²) in [5, 5.41) is 3.91. The van der Waals surface area contributed by atoms with Gasteiger partial charge in [-0.2, -0.15) is 0 Å². The Hall–Kier alpha value is -1.33. The molecule has 24 heavy (non-hydrogen) atoms. The molecule has 1 heterocycles. The molecule has 0 saturated carbocycles. The first kappa shape index (κ1) is 19.0. The van der Waals surface area contributed by atoms with Crippen molar-refractivity contribution in [3.05, 3.63) is 81.2 Å². The lowest BCUT2D eigenvalue weighted by Crippen LogP contribution is -2.11. The molecule has 0 fully saturated rings. The van der Waals surface area contributed by atoms with Crippen LogP contribution in [-0.2, 0) is 13.1 Å². The summed E-state index contributed by atoms with van der Waals surface area (Å²) in [5.41, 5.74) is 1.88. The van der Waals surface area contributed by atoms with Gasteiger partial charge in [0.05, 0.1) is 11.6 Å². The molecule has 126 valence electrons. The van der Waals surface area contributed by atoms with Gasteiger partial charge in [0.15, 0.2) is 0 Å². The van der Waals surface area contributed by atoms with Crippen LogP contribution in [0, 0.1) is 5.82 Å². The molecule has 2 aromatic carbocycles. The van der Waals surface area contributed by atoms with Crippen LogP contribution in [0.5, 0.6) is 0 Å². The summed E-state index contributed by atoms with van der Waals surface area (Å²) in [6, 6.07) is 15.9. The molecule has 3 rings (SSSR count). The third-order valence-corrected chi connectivity index (χ3v) is 4.21. The third kappa shape index (κ3) is 4.84. The molecule has 0 bridgehead atoms. The first-order valence-electron chi connectivity index (χ1n) is 7.11. The topological polar surface area (TPSA) is 25.2 Å². The van der Waals surface area contributed by atoms with Crippen LogP contribution >= 0.6 is 39.9 Å². The minimum atomic E-state index is -0.226. The van der Waals surface area contributed by atoms with E-state index in [1.54, 1.807) is 12.1 Å². The highest BCUT2D eigenvalue weighted by atomic mass is 79.9. The molecule has 0 unspecified atom stereocenters. The van der Waals surface area contributed by atoms with Crippen LogP contribution in [0.4, 0.5) is 4.39 Å². The predicted octanol–water partition coefficient (Wildman–Crippen LogP) is 6.21. The van der Waals surface area contributed by atoms with Gasteiger partial charge in [-0.05, 0) is 48.0 Å². The predicted molar refractivity (Wildman–Crippen MR) is 101 cm³/mol. The van der Waals surface area contributed by atoms with Gasteiger partial charge < -0.3 is 9.73 Å². The molecule has 0 radical (unpaired) electrons. The van der Waals surface area contributed by atoms with Crippen molar-refractivity contribution in [2.24, 2.45) is 0 Å². The van der Waals surface area contributed by atoms with Gasteiger partial charge >= 0.3 is 0 Å². The van der Waals surface area contributed by atoms with Crippen LogP contribution in [0.3, 0.4) is 0 Å². The van der Waals surface area contributed by atoms with Crippen molar-refractivity contribution in [1.29, 1.82) is 0 Å². The van der Waals surface area contributed by atoms with E-state index in [2.05, 4.69) is 21.2 Å². The van der Waals surface area contributed by atoms with E-state index in [1.807, 2.05) is 30.3 Å². The molecule has 0 aliphatic rings. The number of nitrogens with one attached hydrogen (secondary N) is 1. The highest BCUT2D eigenvalue weighted by molar-refractivity contribution is 9.10. The molecule has 0 aliphatic carbocycles. The van der Waals surface area contributed by atoms with Gasteiger partial charge in [-0.1, -0.05) is 39.7 Å². The fourth-order valence-electron chi connectivity index (χ4n) is 2.24. The zero-order chi connectivity index (χ0) is 16.2. The van der Waals surface area contributed by atoms with Crippen molar-refractivity contribution in [2.75, 3.05) is 0 Å². The van der Waals surface area contributed by atoms with E-state index in [4.69, 9.17) is 16.0 Å². The Morgan fingerprint density at radius 3 is 2.46 bits per heavy atom. The van der Waals surface area contributed by atoms with Gasteiger partial charge in [-0.3, -0.25) is 0 Å². The standard InChI is InChI=1S/C18H14BrClFNO.ClH/c19-13-3-7-16(17(20)9-13)18-8-6-15(23-18)11-22-10-12-1-4-14(21)5-2-12;/h1-9,22H,10-11H2;1H. The summed E-state index contributed by atoms with van der Waals surface area (Å²) >= 11 is 9.62. The minimum Gasteiger partial charge on any atom is -0.460 e. The lowest BCUT2D eigenvalue weighted by atomic mass is 10.2. The van der Waals surface area contributed by atoms with Crippen molar-refractivity contribution in [1.82, 2.24) is 5.32 Å². The lowest BCUT2D eigenvalue weighted by Gasteiger charge is -2.04. The van der Waals surface area contributed by atoms with Crippen LogP contribution in [-0.4, -0.2) is 0 Å². The maximum Gasteiger partial charge on any atom is 0.135 e. The van der Waals surface area contributed by atoms with E-state index in [1.165, 1.54) is 12.1 Å². The van der Waals surface area contributed by atoms with E-state index in [0.29, 0.717) is 18.1 Å². The Kier molecular flexibility index (Phi) is 6.87. The van der Waals surface area contributed by atoms with Crippen molar-refractivity contribution in [2.45, 2.75) is 13.1 Å². The first-order valence-corrected chi connectivity index (χ1v) is 8.28. The van der Waals surface area contributed by atoms with E-state index in [0.717, 1.165) is 27.1 Å². The molecule has 0 atom stereocenters. The average Bonchev–Trinajstić information content (AvgIpc) is 2.98. The Morgan fingerprint density at radius 1 is 1.00 bits per heavy atom. The van der Waals surface area contributed by atoms with Crippen molar-refractivity contribution in [3.63, 3.8) is 0 Å². The summed E-state index contributed by atoms with van der Waals surface area (Å²) in [6.07, 6.45) is 0. The molecule has 0 spiro atoms. The zero-order valence-corrected chi connectivity index (χ0v) is 15.7. The molecule has 3 aromatic rings. The summed E-state index contributed by atoms with van der Waals surface area (Å²) < 4.78 is 19.6. The second kappa shape index (κ2) is 8.67. The molecule has 0 aliphatic heterocycles. The molecular weight excluding hydrogens is 416 g/mol. The minimum absolute atomic E-state index is 0. The van der Waals surface area contributed by atoms with E-state index in [-0.39, 0.29) is 18.2 Å². The Labute approximate surface area is 159 Å². The van der Waals surface area contributed by atoms with E-state index in [9.17, 15) is 4.39 Å². The number of furan rings is 1. The number of benzene rings is 2. The Morgan fingerprint density at radius 2 is 1.75 bits per heavy atom. The Balaban J connectivity index is 0.00000208. The van der Waals surface area contributed by atoms with Crippen LogP contribution in [0.1, 0.15) is 11.3 Å². The van der Waals surface area contributed by atoms with Crippen LogP contribution < -0.4 is 5.32 Å². The second-order valence-corrected chi connectivity index (χ2v) is 6.44. The molecule has 1 aromatic heterocycles. The van der Waals surface area contributed by atoms with Crippen molar-refractivity contribution < 1.29 is 8.81 Å². The number of hydrogen-bond acceptors (Lipinski definition) is 2. The van der Waals surface area contributed by atoms with Crippen molar-refractivity contribution >= 4 is 39.9 Å². The quantitative estimate of drug-likeness (QED) is 0.520. The molecule has 1 N–H and O–H groups in total. The normalized spacial score (nSPS) is 10.5. The van der Waals surface area contributed by atoms with Crippen LogP contribution in [0.25, 0.3) is 11.3 Å². The summed E-state index contributed by atoms with van der Waals surface area (Å²) in [6.45, 7) is 1.24. The van der Waals surface area contributed by atoms with Crippen molar-refractivity contribution in [3.8, 4) is 11.3 Å². The number of rotatable bonds is 5. The smallest absolute Gasteiger partial charge is 0.135 e. The zero-order valence-electron chi connectivity index (χ0n) is 12.6. The van der Waals surface area contributed by atoms with Gasteiger partial charge in [-0.25, -0.2) is 4.39 Å². The highest BCUT2D eigenvalue weighted by Gasteiger charge is 2.09. The van der Waals surface area contributed by atoms with Crippen LogP contribution in [0.15, 0.2) is 63.5 Å². The van der Waals surface area contributed by atoms with Gasteiger partial charge in [-0.15, -0.1) is 12.4 Å². The maximum atomic E-state index is 12.8. The molecular formula is C18H15BrCl2FNO. The summed E-state index contributed by atoms with van der Waals surface area (Å²) in [5.74, 6) is 1.33. The number of halogens is 4. The molecule has 0 amide bonds. The van der Waals surface area contributed by atoms with E-state index < -0.39 is 0 Å². The third-order valence-electron chi connectivity index (χ3n) is 3.40. The van der Waals surface area contributed by atoms with Gasteiger partial charge in [0, 0.05) is 16.6 Å². The van der Waals surface area contributed by atoms with E-state index >= 15 is 0 Å². The lowest BCUT2D eigenvalue weighted by molar-refractivity contribution is 0.493. The summed E-state index contributed by atoms with van der Waals surface area (Å²) in [7, 11) is 0.